The maximum atomic E-state index is 11.9. The van der Waals surface area contributed by atoms with Gasteiger partial charge in [-0.3, -0.25) is 4.79 Å². The molecule has 1 saturated carbocycles. The number of nitrogens with two attached hydrogens (primary N) is 1. The Morgan fingerprint density at radius 3 is 2.22 bits per heavy atom. The number of carbonyl (C=O) groups is 1. The molecule has 0 atom stereocenters. The summed E-state index contributed by atoms with van der Waals surface area (Å²) in [6, 6.07) is 5.89. The second-order valence-electron chi connectivity index (χ2n) is 4.52. The van der Waals surface area contributed by atoms with E-state index in [0.29, 0.717) is 5.56 Å². The summed E-state index contributed by atoms with van der Waals surface area (Å²) in [7, 11) is -3.70. The number of benzene rings is 1. The van der Waals surface area contributed by atoms with Gasteiger partial charge in [-0.15, -0.1) is 0 Å². The zero-order chi connectivity index (χ0) is 13.2. The highest BCUT2D eigenvalue weighted by molar-refractivity contribution is 7.89. The molecule has 0 unspecified atom stereocenters. The van der Waals surface area contributed by atoms with Crippen molar-refractivity contribution in [3.63, 3.8) is 0 Å². The predicted octanol–water partition coefficient (Wildman–Crippen LogP) is 1.01. The van der Waals surface area contributed by atoms with Gasteiger partial charge in [-0.25, -0.2) is 13.6 Å². The third-order valence-corrected chi connectivity index (χ3v) is 4.06. The van der Waals surface area contributed by atoms with Crippen molar-refractivity contribution in [2.24, 2.45) is 5.14 Å². The highest BCUT2D eigenvalue weighted by Crippen LogP contribution is 2.18. The van der Waals surface area contributed by atoms with Crippen LogP contribution in [0.3, 0.4) is 0 Å². The summed E-state index contributed by atoms with van der Waals surface area (Å²) in [4.78, 5) is 11.9. The lowest BCUT2D eigenvalue weighted by molar-refractivity contribution is 0.0938. The second-order valence-corrected chi connectivity index (χ2v) is 6.09. The van der Waals surface area contributed by atoms with E-state index in [2.05, 4.69) is 5.32 Å². The van der Waals surface area contributed by atoms with Crippen LogP contribution in [-0.2, 0) is 10.0 Å². The van der Waals surface area contributed by atoms with Gasteiger partial charge >= 0.3 is 0 Å². The van der Waals surface area contributed by atoms with E-state index in [1.165, 1.54) is 24.3 Å². The van der Waals surface area contributed by atoms with Gasteiger partial charge in [0.05, 0.1) is 4.90 Å². The Labute approximate surface area is 106 Å². The lowest BCUT2D eigenvalue weighted by Crippen LogP contribution is -2.32. The van der Waals surface area contributed by atoms with E-state index in [-0.39, 0.29) is 16.8 Å². The minimum Gasteiger partial charge on any atom is -0.349 e. The summed E-state index contributed by atoms with van der Waals surface area (Å²) >= 11 is 0. The van der Waals surface area contributed by atoms with Crippen molar-refractivity contribution in [1.82, 2.24) is 5.32 Å². The van der Waals surface area contributed by atoms with Crippen molar-refractivity contribution in [1.29, 1.82) is 0 Å². The molecule has 0 spiro atoms. The number of primary sulfonamides is 1. The molecule has 98 valence electrons. The normalized spacial score (nSPS) is 16.7. The van der Waals surface area contributed by atoms with Crippen LogP contribution >= 0.6 is 0 Å². The van der Waals surface area contributed by atoms with Crippen LogP contribution in [0.25, 0.3) is 0 Å². The molecule has 0 bridgehead atoms. The quantitative estimate of drug-likeness (QED) is 0.857. The average molecular weight is 268 g/mol. The molecule has 5 nitrogen and oxygen atoms in total. The lowest BCUT2D eigenvalue weighted by Gasteiger charge is -2.11. The third kappa shape index (κ3) is 3.08. The van der Waals surface area contributed by atoms with Crippen molar-refractivity contribution < 1.29 is 13.2 Å². The summed E-state index contributed by atoms with van der Waals surface area (Å²) in [6.45, 7) is 0. The van der Waals surface area contributed by atoms with E-state index in [4.69, 9.17) is 5.14 Å². The van der Waals surface area contributed by atoms with Gasteiger partial charge in [0.1, 0.15) is 0 Å². The standard InChI is InChI=1S/C12H16N2O3S/c13-18(16,17)11-7-5-9(6-8-11)12(15)14-10-3-1-2-4-10/h5-8,10H,1-4H2,(H,14,15)(H2,13,16,17). The van der Waals surface area contributed by atoms with Crippen molar-refractivity contribution in [2.75, 3.05) is 0 Å². The molecule has 18 heavy (non-hydrogen) atoms. The summed E-state index contributed by atoms with van der Waals surface area (Å²) in [5.41, 5.74) is 0.453. The number of amides is 1. The first-order valence-corrected chi connectivity index (χ1v) is 7.45. The molecule has 1 aliphatic carbocycles. The monoisotopic (exact) mass is 268 g/mol. The van der Waals surface area contributed by atoms with Crippen LogP contribution in [0.1, 0.15) is 36.0 Å². The van der Waals surface area contributed by atoms with Crippen LogP contribution in [0.5, 0.6) is 0 Å². The Morgan fingerprint density at radius 2 is 1.72 bits per heavy atom. The first-order chi connectivity index (χ1) is 8.47. The highest BCUT2D eigenvalue weighted by atomic mass is 32.2. The molecule has 1 fully saturated rings. The molecular weight excluding hydrogens is 252 g/mol. The Kier molecular flexibility index (Phi) is 3.68. The summed E-state index contributed by atoms with van der Waals surface area (Å²) in [6.07, 6.45) is 4.33. The average Bonchev–Trinajstić information content (AvgIpc) is 2.81. The maximum absolute atomic E-state index is 11.9. The van der Waals surface area contributed by atoms with Gasteiger partial charge in [-0.1, -0.05) is 12.8 Å². The third-order valence-electron chi connectivity index (χ3n) is 3.14. The summed E-state index contributed by atoms with van der Waals surface area (Å²) in [5.74, 6) is -0.164. The van der Waals surface area contributed by atoms with Crippen LogP contribution in [0.4, 0.5) is 0 Å². The largest absolute Gasteiger partial charge is 0.349 e. The van der Waals surface area contributed by atoms with Crippen molar-refractivity contribution >= 4 is 15.9 Å². The Hall–Kier alpha value is -1.40. The molecule has 0 heterocycles. The molecule has 1 amide bonds. The van der Waals surface area contributed by atoms with E-state index >= 15 is 0 Å². The number of carbonyl (C=O) groups excluding carboxylic acids is 1. The molecule has 1 aromatic rings. The second kappa shape index (κ2) is 5.07. The lowest BCUT2D eigenvalue weighted by atomic mass is 10.2. The maximum Gasteiger partial charge on any atom is 0.251 e. The van der Waals surface area contributed by atoms with Gasteiger partial charge in [-0.2, -0.15) is 0 Å². The fourth-order valence-electron chi connectivity index (χ4n) is 2.13. The highest BCUT2D eigenvalue weighted by Gasteiger charge is 2.18. The molecule has 0 radical (unpaired) electrons. The van der Waals surface area contributed by atoms with Gasteiger partial charge in [0.2, 0.25) is 10.0 Å². The van der Waals surface area contributed by atoms with E-state index in [1.807, 2.05) is 0 Å². The Morgan fingerprint density at radius 1 is 1.17 bits per heavy atom. The minimum atomic E-state index is -3.70. The molecule has 0 aromatic heterocycles. The smallest absolute Gasteiger partial charge is 0.251 e. The fraction of sp³-hybridized carbons (Fsp3) is 0.417. The van der Waals surface area contributed by atoms with Crippen molar-refractivity contribution in [3.05, 3.63) is 29.8 Å². The number of sulfonamides is 1. The van der Waals surface area contributed by atoms with Gasteiger partial charge in [0.25, 0.3) is 5.91 Å². The topological polar surface area (TPSA) is 89.3 Å². The number of hydrogen-bond donors (Lipinski definition) is 2. The SMILES string of the molecule is NS(=O)(=O)c1ccc(C(=O)NC2CCCC2)cc1. The predicted molar refractivity (Wildman–Crippen MR) is 67.5 cm³/mol. The molecule has 1 aliphatic rings. The molecule has 3 N–H and O–H groups in total. The van der Waals surface area contributed by atoms with Gasteiger partial charge in [0, 0.05) is 11.6 Å². The van der Waals surface area contributed by atoms with Gasteiger partial charge < -0.3 is 5.32 Å². The minimum absolute atomic E-state index is 0.0138. The summed E-state index contributed by atoms with van der Waals surface area (Å²) < 4.78 is 22.1. The number of nitrogens with one attached hydrogen (secondary N) is 1. The molecular formula is C12H16N2O3S. The van der Waals surface area contributed by atoms with Gasteiger partial charge in [0.15, 0.2) is 0 Å². The van der Waals surface area contributed by atoms with Crippen molar-refractivity contribution in [3.8, 4) is 0 Å². The summed E-state index contributed by atoms with van der Waals surface area (Å²) in [5, 5.41) is 7.92. The van der Waals surface area contributed by atoms with Crippen molar-refractivity contribution in [2.45, 2.75) is 36.6 Å². The van der Waals surface area contributed by atoms with Gasteiger partial charge in [-0.05, 0) is 37.1 Å². The fourth-order valence-corrected chi connectivity index (χ4v) is 2.65. The van der Waals surface area contributed by atoms with Crippen LogP contribution in [0.15, 0.2) is 29.2 Å². The van der Waals surface area contributed by atoms with Crippen LogP contribution in [0, 0.1) is 0 Å². The van der Waals surface area contributed by atoms with E-state index < -0.39 is 10.0 Å². The van der Waals surface area contributed by atoms with E-state index in [0.717, 1.165) is 25.7 Å². The van der Waals surface area contributed by atoms with E-state index in [1.54, 1.807) is 0 Å². The molecule has 0 saturated heterocycles. The Bertz CT molecular complexity index is 531. The molecule has 6 heteroatoms. The number of rotatable bonds is 3. The number of hydrogen-bond acceptors (Lipinski definition) is 3. The zero-order valence-corrected chi connectivity index (χ0v) is 10.7. The Balaban J connectivity index is 2.07. The first-order valence-electron chi connectivity index (χ1n) is 5.90. The first kappa shape index (κ1) is 13.0. The molecule has 0 aliphatic heterocycles. The van der Waals surface area contributed by atoms with Crippen LogP contribution in [0.2, 0.25) is 0 Å². The van der Waals surface area contributed by atoms with E-state index in [9.17, 15) is 13.2 Å². The zero-order valence-electron chi connectivity index (χ0n) is 9.93. The molecule has 1 aromatic carbocycles. The molecule has 2 rings (SSSR count). The van der Waals surface area contributed by atoms with Crippen LogP contribution in [-0.4, -0.2) is 20.4 Å². The van der Waals surface area contributed by atoms with Crippen LogP contribution < -0.4 is 10.5 Å².